The van der Waals surface area contributed by atoms with Crippen molar-refractivity contribution in [3.8, 4) is 0 Å². The van der Waals surface area contributed by atoms with Gasteiger partial charge < -0.3 is 40.3 Å². The fourth-order valence-corrected chi connectivity index (χ4v) is 12.3. The fraction of sp³-hybridized carbons (Fsp3) is 0.861. The van der Waals surface area contributed by atoms with E-state index in [2.05, 4.69) is 67.8 Å². The van der Waals surface area contributed by atoms with Gasteiger partial charge in [0.15, 0.2) is 6.29 Å². The van der Waals surface area contributed by atoms with Gasteiger partial charge in [0.2, 0.25) is 5.91 Å². The van der Waals surface area contributed by atoms with E-state index >= 15 is 0 Å². The highest BCUT2D eigenvalue weighted by molar-refractivity contribution is 5.76. The van der Waals surface area contributed by atoms with Gasteiger partial charge in [0.25, 0.3) is 0 Å². The summed E-state index contributed by atoms with van der Waals surface area (Å²) in [5.74, 6) is -0.179. The van der Waals surface area contributed by atoms with Crippen molar-refractivity contribution in [1.82, 2.24) is 5.32 Å². The summed E-state index contributed by atoms with van der Waals surface area (Å²) in [7, 11) is 0. The van der Waals surface area contributed by atoms with Crippen molar-refractivity contribution in [2.75, 3.05) is 13.2 Å². The Bertz CT molecular complexity index is 1580. The van der Waals surface area contributed by atoms with E-state index in [1.807, 2.05) is 6.08 Å². The summed E-state index contributed by atoms with van der Waals surface area (Å²) in [4.78, 5) is 13.1. The minimum absolute atomic E-state index is 0.179. The van der Waals surface area contributed by atoms with Crippen molar-refractivity contribution in [2.24, 2.45) is 0 Å². The second-order valence-electron chi connectivity index (χ2n) is 26.8. The molecule has 7 atom stereocenters. The van der Waals surface area contributed by atoms with Crippen LogP contribution in [0.5, 0.6) is 0 Å². The Balaban J connectivity index is 2.06. The normalized spacial score (nSPS) is 18.2. The van der Waals surface area contributed by atoms with Crippen molar-refractivity contribution in [2.45, 2.75) is 423 Å². The molecule has 1 saturated heterocycles. The third-order valence-corrected chi connectivity index (χ3v) is 18.3. The Morgan fingerprint density at radius 3 is 1.03 bits per heavy atom. The summed E-state index contributed by atoms with van der Waals surface area (Å²) in [6.07, 6.45) is 87.9. The van der Waals surface area contributed by atoms with Gasteiger partial charge in [-0.3, -0.25) is 4.79 Å². The summed E-state index contributed by atoms with van der Waals surface area (Å²) < 4.78 is 11.3. The molecular formula is C79H147NO8. The smallest absolute Gasteiger partial charge is 0.220 e. The van der Waals surface area contributed by atoms with E-state index in [4.69, 9.17) is 9.47 Å². The Labute approximate surface area is 545 Å². The molecule has 0 saturated carbocycles. The minimum atomic E-state index is -1.57. The van der Waals surface area contributed by atoms with Gasteiger partial charge >= 0.3 is 0 Å². The first kappa shape index (κ1) is 83.9. The number of ether oxygens (including phenoxy) is 2. The molecule has 1 rings (SSSR count). The Morgan fingerprint density at radius 1 is 0.386 bits per heavy atom. The lowest BCUT2D eigenvalue weighted by atomic mass is 9.99. The number of carbonyl (C=O) groups excluding carboxylic acids is 1. The summed E-state index contributed by atoms with van der Waals surface area (Å²) in [6, 6.07) is -0.823. The summed E-state index contributed by atoms with van der Waals surface area (Å²) in [5, 5.41) is 54.8. The molecule has 6 N–H and O–H groups in total. The third kappa shape index (κ3) is 55.5. The SMILES string of the molecule is CCCCCCC/C=C\C/C=C\C/C=C\CCCCCCCCCCCCCCCCCCCCCCCCCCCCC(=O)NC(COC1OC(CO)C(O)C(O)C1O)C(O)/C=C/CC/C=C/CCCCCCCCCCCCCCCCCCCC. The predicted octanol–water partition coefficient (Wildman–Crippen LogP) is 21.7. The maximum absolute atomic E-state index is 13.1. The molecular weight excluding hydrogens is 1090 g/mol. The van der Waals surface area contributed by atoms with Crippen LogP contribution in [0.1, 0.15) is 380 Å². The average molecular weight is 1240 g/mol. The monoisotopic (exact) mass is 1240 g/mol. The standard InChI is InChI=1S/C79H147NO8/c1-3-5-7-9-11-13-15-17-19-21-23-25-27-29-30-31-32-33-34-35-36-37-38-39-40-41-42-43-44-45-47-49-51-53-55-57-59-61-63-65-67-69-75(83)80-72(71-87-79-78(86)77(85)76(84)74(70-81)88-79)73(82)68-66-64-62-60-58-56-54-52-50-48-46-28-26-24-22-20-18-16-14-12-10-8-6-4-2/h15,17,21,23,27,29,58,60,66,68,72-74,76-79,81-82,84-86H,3-14,16,18-20,22,24-26,28,30-57,59,61-65,67,69-71H2,1-2H3,(H,80,83)/b17-15-,23-21-,29-27-,60-58+,68-66+. The molecule has 0 radical (unpaired) electrons. The third-order valence-electron chi connectivity index (χ3n) is 18.3. The van der Waals surface area contributed by atoms with Crippen molar-refractivity contribution < 1.29 is 39.8 Å². The molecule has 0 aromatic heterocycles. The molecule has 1 aliphatic heterocycles. The number of hydrogen-bond acceptors (Lipinski definition) is 8. The van der Waals surface area contributed by atoms with Crippen LogP contribution < -0.4 is 5.32 Å². The molecule has 0 spiro atoms. The molecule has 0 aliphatic carbocycles. The van der Waals surface area contributed by atoms with Crippen molar-refractivity contribution in [1.29, 1.82) is 0 Å². The molecule has 1 fully saturated rings. The minimum Gasteiger partial charge on any atom is -0.394 e. The van der Waals surface area contributed by atoms with Crippen molar-refractivity contribution >= 4 is 5.91 Å². The molecule has 88 heavy (non-hydrogen) atoms. The topological polar surface area (TPSA) is 149 Å². The average Bonchev–Trinajstić information content (AvgIpc) is 3.31. The molecule has 7 unspecified atom stereocenters. The molecule has 9 nitrogen and oxygen atoms in total. The van der Waals surface area contributed by atoms with E-state index in [1.165, 1.54) is 308 Å². The van der Waals surface area contributed by atoms with E-state index in [0.717, 1.165) is 51.4 Å². The van der Waals surface area contributed by atoms with Crippen LogP contribution in [0, 0.1) is 0 Å². The number of hydrogen-bond donors (Lipinski definition) is 6. The van der Waals surface area contributed by atoms with Gasteiger partial charge in [0.1, 0.15) is 24.4 Å². The van der Waals surface area contributed by atoms with E-state index in [9.17, 15) is 30.3 Å². The molecule has 9 heteroatoms. The molecule has 0 aromatic carbocycles. The van der Waals surface area contributed by atoms with E-state index < -0.39 is 49.5 Å². The number of allylic oxidation sites excluding steroid dienone is 9. The van der Waals surface area contributed by atoms with E-state index in [1.54, 1.807) is 6.08 Å². The maximum Gasteiger partial charge on any atom is 0.220 e. The van der Waals surface area contributed by atoms with Crippen LogP contribution in [0.3, 0.4) is 0 Å². The summed E-state index contributed by atoms with van der Waals surface area (Å²) in [6.45, 7) is 3.80. The first-order valence-electron chi connectivity index (χ1n) is 38.5. The molecule has 1 aliphatic rings. The number of unbranched alkanes of at least 4 members (excludes halogenated alkanes) is 50. The first-order chi connectivity index (χ1) is 43.3. The summed E-state index contributed by atoms with van der Waals surface area (Å²) in [5.41, 5.74) is 0. The van der Waals surface area contributed by atoms with Crippen LogP contribution >= 0.6 is 0 Å². The zero-order chi connectivity index (χ0) is 63.5. The predicted molar refractivity (Wildman–Crippen MR) is 378 cm³/mol. The molecule has 1 heterocycles. The fourth-order valence-electron chi connectivity index (χ4n) is 12.3. The van der Waals surface area contributed by atoms with Gasteiger partial charge in [0.05, 0.1) is 25.4 Å². The van der Waals surface area contributed by atoms with Crippen molar-refractivity contribution in [3.63, 3.8) is 0 Å². The summed E-state index contributed by atoms with van der Waals surface area (Å²) >= 11 is 0. The second kappa shape index (κ2) is 67.8. The van der Waals surface area contributed by atoms with Crippen LogP contribution in [0.2, 0.25) is 0 Å². The lowest BCUT2D eigenvalue weighted by Gasteiger charge is -2.40. The van der Waals surface area contributed by atoms with Gasteiger partial charge in [-0.2, -0.15) is 0 Å². The Kier molecular flexibility index (Phi) is 64.6. The van der Waals surface area contributed by atoms with Gasteiger partial charge in [-0.1, -0.05) is 364 Å². The molecule has 516 valence electrons. The number of carbonyl (C=O) groups is 1. The van der Waals surface area contributed by atoms with Crippen LogP contribution in [0.25, 0.3) is 0 Å². The van der Waals surface area contributed by atoms with E-state index in [-0.39, 0.29) is 12.5 Å². The van der Waals surface area contributed by atoms with Crippen LogP contribution in [0.15, 0.2) is 60.8 Å². The Hall–Kier alpha value is -2.11. The van der Waals surface area contributed by atoms with Crippen LogP contribution in [-0.4, -0.2) is 87.5 Å². The van der Waals surface area contributed by atoms with E-state index in [0.29, 0.717) is 6.42 Å². The quantitative estimate of drug-likeness (QED) is 0.0261. The van der Waals surface area contributed by atoms with Crippen LogP contribution in [0.4, 0.5) is 0 Å². The lowest BCUT2D eigenvalue weighted by Crippen LogP contribution is -2.60. The van der Waals surface area contributed by atoms with Crippen molar-refractivity contribution in [3.05, 3.63) is 60.8 Å². The highest BCUT2D eigenvalue weighted by Gasteiger charge is 2.44. The first-order valence-corrected chi connectivity index (χ1v) is 38.5. The maximum atomic E-state index is 13.1. The number of nitrogens with one attached hydrogen (secondary N) is 1. The lowest BCUT2D eigenvalue weighted by molar-refractivity contribution is -0.302. The number of aliphatic hydroxyl groups excluding tert-OH is 5. The zero-order valence-electron chi connectivity index (χ0n) is 58.0. The molecule has 1 amide bonds. The largest absolute Gasteiger partial charge is 0.394 e. The van der Waals surface area contributed by atoms with Crippen LogP contribution in [-0.2, 0) is 14.3 Å². The van der Waals surface area contributed by atoms with Gasteiger partial charge in [-0.05, 0) is 70.6 Å². The number of amides is 1. The number of aliphatic hydroxyl groups is 5. The highest BCUT2D eigenvalue weighted by atomic mass is 16.7. The highest BCUT2D eigenvalue weighted by Crippen LogP contribution is 2.24. The molecule has 0 bridgehead atoms. The van der Waals surface area contributed by atoms with Gasteiger partial charge in [-0.25, -0.2) is 0 Å². The van der Waals surface area contributed by atoms with Gasteiger partial charge in [-0.15, -0.1) is 0 Å². The second-order valence-corrected chi connectivity index (χ2v) is 26.8. The number of rotatable bonds is 68. The van der Waals surface area contributed by atoms with Gasteiger partial charge in [0, 0.05) is 6.42 Å². The zero-order valence-corrected chi connectivity index (χ0v) is 58.0. The Morgan fingerprint density at radius 2 is 0.682 bits per heavy atom. The molecule has 0 aromatic rings.